The monoisotopic (exact) mass is 215 g/mol. The lowest BCUT2D eigenvalue weighted by atomic mass is 9.99. The van der Waals surface area contributed by atoms with Crippen molar-refractivity contribution in [3.8, 4) is 11.1 Å². The van der Waals surface area contributed by atoms with E-state index < -0.39 is 0 Å². The average Bonchev–Trinajstić information content (AvgIpc) is 2.30. The van der Waals surface area contributed by atoms with Crippen LogP contribution in [0.5, 0.6) is 0 Å². The number of hydrogen-bond acceptors (Lipinski definition) is 1. The van der Waals surface area contributed by atoms with E-state index in [1.54, 1.807) is 18.3 Å². The first-order chi connectivity index (χ1) is 7.72. The molecule has 1 heterocycles. The molecule has 0 bridgehead atoms. The van der Waals surface area contributed by atoms with Crippen LogP contribution in [0.25, 0.3) is 11.1 Å². The Bertz CT molecular complexity index is 506. The molecule has 0 aliphatic carbocycles. The van der Waals surface area contributed by atoms with Crippen LogP contribution < -0.4 is 0 Å². The third kappa shape index (κ3) is 1.96. The normalized spacial score (nSPS) is 10.4. The largest absolute Gasteiger partial charge is 0.261 e. The summed E-state index contributed by atoms with van der Waals surface area (Å²) in [5, 5.41) is 0. The van der Waals surface area contributed by atoms with Gasteiger partial charge in [0, 0.05) is 23.0 Å². The molecule has 0 saturated heterocycles. The first kappa shape index (κ1) is 10.8. The van der Waals surface area contributed by atoms with Crippen LogP contribution >= 0.6 is 0 Å². The Labute approximate surface area is 95.0 Å². The van der Waals surface area contributed by atoms with Gasteiger partial charge in [-0.3, -0.25) is 4.98 Å². The molecule has 0 spiro atoms. The average molecular weight is 215 g/mol. The molecule has 1 aromatic carbocycles. The van der Waals surface area contributed by atoms with Crippen LogP contribution in [-0.2, 0) is 6.42 Å². The molecule has 16 heavy (non-hydrogen) atoms. The van der Waals surface area contributed by atoms with Gasteiger partial charge in [0.2, 0.25) is 0 Å². The highest BCUT2D eigenvalue weighted by Gasteiger charge is 2.08. The smallest absolute Gasteiger partial charge is 0.131 e. The van der Waals surface area contributed by atoms with Gasteiger partial charge in [-0.05, 0) is 31.0 Å². The van der Waals surface area contributed by atoms with Crippen molar-refractivity contribution in [3.63, 3.8) is 0 Å². The van der Waals surface area contributed by atoms with Gasteiger partial charge in [0.15, 0.2) is 0 Å². The number of aryl methyl sites for hydroxylation is 2. The van der Waals surface area contributed by atoms with E-state index in [0.717, 1.165) is 23.2 Å². The summed E-state index contributed by atoms with van der Waals surface area (Å²) in [6, 6.07) is 8.83. The van der Waals surface area contributed by atoms with Gasteiger partial charge in [0.1, 0.15) is 5.82 Å². The summed E-state index contributed by atoms with van der Waals surface area (Å²) < 4.78 is 13.7. The van der Waals surface area contributed by atoms with Gasteiger partial charge >= 0.3 is 0 Å². The van der Waals surface area contributed by atoms with Crippen molar-refractivity contribution in [1.82, 2.24) is 4.98 Å². The topological polar surface area (TPSA) is 12.9 Å². The van der Waals surface area contributed by atoms with E-state index in [2.05, 4.69) is 11.9 Å². The molecule has 0 amide bonds. The van der Waals surface area contributed by atoms with E-state index in [1.807, 2.05) is 19.1 Å². The number of aromatic nitrogens is 1. The zero-order valence-corrected chi connectivity index (χ0v) is 9.50. The zero-order chi connectivity index (χ0) is 11.5. The van der Waals surface area contributed by atoms with Crippen molar-refractivity contribution in [3.05, 3.63) is 53.6 Å². The van der Waals surface area contributed by atoms with E-state index in [-0.39, 0.29) is 5.82 Å². The third-order valence-electron chi connectivity index (χ3n) is 2.67. The lowest BCUT2D eigenvalue weighted by Gasteiger charge is -2.09. The maximum atomic E-state index is 13.7. The second-order valence-electron chi connectivity index (χ2n) is 3.82. The summed E-state index contributed by atoms with van der Waals surface area (Å²) >= 11 is 0. The van der Waals surface area contributed by atoms with Crippen molar-refractivity contribution >= 4 is 0 Å². The van der Waals surface area contributed by atoms with Crippen molar-refractivity contribution in [2.75, 3.05) is 0 Å². The van der Waals surface area contributed by atoms with Gasteiger partial charge in [0.05, 0.1) is 0 Å². The minimum absolute atomic E-state index is 0.192. The zero-order valence-electron chi connectivity index (χ0n) is 9.50. The second kappa shape index (κ2) is 4.44. The molecule has 2 aromatic rings. The van der Waals surface area contributed by atoms with Crippen molar-refractivity contribution < 1.29 is 4.39 Å². The number of rotatable bonds is 2. The fourth-order valence-corrected chi connectivity index (χ4v) is 1.83. The van der Waals surface area contributed by atoms with E-state index in [9.17, 15) is 4.39 Å². The fourth-order valence-electron chi connectivity index (χ4n) is 1.83. The molecule has 0 saturated carbocycles. The van der Waals surface area contributed by atoms with E-state index >= 15 is 0 Å². The fraction of sp³-hybridized carbons (Fsp3) is 0.214. The van der Waals surface area contributed by atoms with Gasteiger partial charge in [-0.1, -0.05) is 25.1 Å². The number of benzene rings is 1. The molecular formula is C14H14FN. The van der Waals surface area contributed by atoms with Crippen LogP contribution in [0, 0.1) is 12.7 Å². The maximum absolute atomic E-state index is 13.7. The van der Waals surface area contributed by atoms with Crippen LogP contribution in [0.4, 0.5) is 4.39 Å². The molecule has 0 aliphatic heterocycles. The maximum Gasteiger partial charge on any atom is 0.131 e. The van der Waals surface area contributed by atoms with Crippen molar-refractivity contribution in [1.29, 1.82) is 0 Å². The lowest BCUT2D eigenvalue weighted by Crippen LogP contribution is -1.93. The van der Waals surface area contributed by atoms with Crippen LogP contribution in [0.15, 0.2) is 36.5 Å². The molecule has 2 heteroatoms. The first-order valence-electron chi connectivity index (χ1n) is 5.42. The second-order valence-corrected chi connectivity index (χ2v) is 3.82. The van der Waals surface area contributed by atoms with Gasteiger partial charge < -0.3 is 0 Å². The standard InChI is InChI=1S/C14H14FN/c1-3-11-8-10(2)16-9-13(11)12-6-4-5-7-14(12)15/h4-9H,3H2,1-2H3. The van der Waals surface area contributed by atoms with Crippen molar-refractivity contribution in [2.24, 2.45) is 0 Å². The van der Waals surface area contributed by atoms with Gasteiger partial charge in [-0.25, -0.2) is 4.39 Å². The Hall–Kier alpha value is -1.70. The lowest BCUT2D eigenvalue weighted by molar-refractivity contribution is 0.631. The van der Waals surface area contributed by atoms with E-state index in [4.69, 9.17) is 0 Å². The van der Waals surface area contributed by atoms with Crippen molar-refractivity contribution in [2.45, 2.75) is 20.3 Å². The Morgan fingerprint density at radius 2 is 1.94 bits per heavy atom. The predicted molar refractivity (Wildman–Crippen MR) is 63.7 cm³/mol. The Morgan fingerprint density at radius 3 is 2.62 bits per heavy atom. The van der Waals surface area contributed by atoms with Crippen LogP contribution in [0.2, 0.25) is 0 Å². The van der Waals surface area contributed by atoms with Crippen LogP contribution in [0.1, 0.15) is 18.2 Å². The molecule has 0 aliphatic rings. The van der Waals surface area contributed by atoms with E-state index in [1.165, 1.54) is 6.07 Å². The first-order valence-corrected chi connectivity index (χ1v) is 5.42. The molecule has 0 unspecified atom stereocenters. The summed E-state index contributed by atoms with van der Waals surface area (Å²) in [6.45, 7) is 4.02. The van der Waals surface area contributed by atoms with Gasteiger partial charge in [-0.15, -0.1) is 0 Å². The summed E-state index contributed by atoms with van der Waals surface area (Å²) in [6.07, 6.45) is 2.64. The van der Waals surface area contributed by atoms with Crippen LogP contribution in [-0.4, -0.2) is 4.98 Å². The molecule has 0 fully saturated rings. The molecule has 0 N–H and O–H groups in total. The number of hydrogen-bond donors (Lipinski definition) is 0. The highest BCUT2D eigenvalue weighted by Crippen LogP contribution is 2.26. The van der Waals surface area contributed by atoms with Gasteiger partial charge in [0.25, 0.3) is 0 Å². The summed E-state index contributed by atoms with van der Waals surface area (Å²) in [4.78, 5) is 4.24. The quantitative estimate of drug-likeness (QED) is 0.743. The Kier molecular flexibility index (Phi) is 3.00. The molecule has 0 atom stereocenters. The SMILES string of the molecule is CCc1cc(C)ncc1-c1ccccc1F. The Morgan fingerprint density at radius 1 is 1.19 bits per heavy atom. The number of halogens is 1. The molecule has 82 valence electrons. The van der Waals surface area contributed by atoms with Gasteiger partial charge in [-0.2, -0.15) is 0 Å². The van der Waals surface area contributed by atoms with Crippen LogP contribution in [0.3, 0.4) is 0 Å². The minimum Gasteiger partial charge on any atom is -0.261 e. The predicted octanol–water partition coefficient (Wildman–Crippen LogP) is 3.76. The Balaban J connectivity index is 2.60. The molecule has 1 aromatic heterocycles. The summed E-state index contributed by atoms with van der Waals surface area (Å²) in [5.74, 6) is -0.192. The number of pyridine rings is 1. The molecule has 2 rings (SSSR count). The minimum atomic E-state index is -0.192. The highest BCUT2D eigenvalue weighted by molar-refractivity contribution is 5.67. The molecule has 1 nitrogen and oxygen atoms in total. The van der Waals surface area contributed by atoms with E-state index in [0.29, 0.717) is 5.56 Å². The molecule has 0 radical (unpaired) electrons. The number of nitrogens with zero attached hydrogens (tertiary/aromatic N) is 1. The summed E-state index contributed by atoms with van der Waals surface area (Å²) in [5.41, 5.74) is 3.63. The molecular weight excluding hydrogens is 201 g/mol. The highest BCUT2D eigenvalue weighted by atomic mass is 19.1. The third-order valence-corrected chi connectivity index (χ3v) is 2.67. The summed E-state index contributed by atoms with van der Waals surface area (Å²) in [7, 11) is 0.